The highest BCUT2D eigenvalue weighted by atomic mass is 16.5. The van der Waals surface area contributed by atoms with E-state index in [1.807, 2.05) is 30.3 Å². The van der Waals surface area contributed by atoms with Gasteiger partial charge in [-0.1, -0.05) is 37.6 Å². The fraction of sp³-hybridized carbons (Fsp3) is 0.333. The summed E-state index contributed by atoms with van der Waals surface area (Å²) in [4.78, 5) is 11.4. The average molecular weight is 243 g/mol. The van der Waals surface area contributed by atoms with E-state index in [4.69, 9.17) is 5.26 Å². The number of methoxy groups -OCH3 is 1. The summed E-state index contributed by atoms with van der Waals surface area (Å²) < 4.78 is 4.57. The maximum Gasteiger partial charge on any atom is 0.348 e. The van der Waals surface area contributed by atoms with Crippen LogP contribution in [0.5, 0.6) is 0 Å². The molecule has 0 bridgehead atoms. The van der Waals surface area contributed by atoms with Gasteiger partial charge in [0.05, 0.1) is 7.11 Å². The number of aryl methyl sites for hydroxylation is 1. The topological polar surface area (TPSA) is 50.1 Å². The Morgan fingerprint density at radius 1 is 1.44 bits per heavy atom. The molecule has 1 aromatic carbocycles. The van der Waals surface area contributed by atoms with Gasteiger partial charge in [-0.05, 0) is 30.0 Å². The van der Waals surface area contributed by atoms with Crippen LogP contribution in [0.15, 0.2) is 29.8 Å². The molecule has 18 heavy (non-hydrogen) atoms. The van der Waals surface area contributed by atoms with Crippen molar-refractivity contribution in [2.24, 2.45) is 0 Å². The molecular weight excluding hydrogens is 226 g/mol. The largest absolute Gasteiger partial charge is 0.465 e. The van der Waals surface area contributed by atoms with E-state index in [0.717, 1.165) is 30.4 Å². The molecule has 0 fully saturated rings. The van der Waals surface area contributed by atoms with E-state index in [-0.39, 0.29) is 5.57 Å². The van der Waals surface area contributed by atoms with Crippen LogP contribution in [0.1, 0.15) is 30.9 Å². The Morgan fingerprint density at radius 2 is 2.17 bits per heavy atom. The van der Waals surface area contributed by atoms with Crippen molar-refractivity contribution in [2.45, 2.75) is 26.2 Å². The van der Waals surface area contributed by atoms with Crippen molar-refractivity contribution in [3.05, 3.63) is 41.0 Å². The van der Waals surface area contributed by atoms with Crippen LogP contribution in [0.3, 0.4) is 0 Å². The van der Waals surface area contributed by atoms with Gasteiger partial charge in [0.2, 0.25) is 0 Å². The van der Waals surface area contributed by atoms with E-state index in [1.165, 1.54) is 7.11 Å². The van der Waals surface area contributed by atoms with E-state index in [0.29, 0.717) is 0 Å². The van der Waals surface area contributed by atoms with Gasteiger partial charge in [-0.15, -0.1) is 0 Å². The molecule has 0 N–H and O–H groups in total. The molecule has 0 unspecified atom stereocenters. The second-order valence-electron chi connectivity index (χ2n) is 3.96. The number of hydrogen-bond acceptors (Lipinski definition) is 3. The normalized spacial score (nSPS) is 10.8. The van der Waals surface area contributed by atoms with Crippen molar-refractivity contribution in [1.29, 1.82) is 5.26 Å². The molecule has 0 amide bonds. The first-order chi connectivity index (χ1) is 8.72. The van der Waals surface area contributed by atoms with E-state index < -0.39 is 5.97 Å². The summed E-state index contributed by atoms with van der Waals surface area (Å²) in [6.07, 6.45) is 4.74. The highest BCUT2D eigenvalue weighted by Gasteiger charge is 2.09. The van der Waals surface area contributed by atoms with Crippen LogP contribution in [0, 0.1) is 11.3 Å². The van der Waals surface area contributed by atoms with Gasteiger partial charge in [0.15, 0.2) is 0 Å². The first kappa shape index (κ1) is 14.0. The highest BCUT2D eigenvalue weighted by molar-refractivity contribution is 5.97. The van der Waals surface area contributed by atoms with Gasteiger partial charge in [-0.3, -0.25) is 0 Å². The van der Waals surface area contributed by atoms with Crippen molar-refractivity contribution in [3.63, 3.8) is 0 Å². The average Bonchev–Trinajstić information content (AvgIpc) is 2.42. The van der Waals surface area contributed by atoms with Gasteiger partial charge in [-0.25, -0.2) is 4.79 Å². The molecule has 0 aromatic heterocycles. The number of esters is 1. The summed E-state index contributed by atoms with van der Waals surface area (Å²) in [5, 5.41) is 8.94. The number of carbonyl (C=O) groups is 1. The molecule has 0 atom stereocenters. The number of hydrogen-bond donors (Lipinski definition) is 0. The Bertz CT molecular complexity index is 484. The number of unbranched alkanes of at least 4 members (excludes halogenated alkanes) is 1. The third-order valence-corrected chi connectivity index (χ3v) is 2.68. The third kappa shape index (κ3) is 3.74. The van der Waals surface area contributed by atoms with E-state index in [2.05, 4.69) is 11.7 Å². The maximum atomic E-state index is 11.4. The third-order valence-electron chi connectivity index (χ3n) is 2.68. The summed E-state index contributed by atoms with van der Waals surface area (Å²) in [5.41, 5.74) is 2.09. The zero-order valence-electron chi connectivity index (χ0n) is 10.8. The molecule has 0 aliphatic rings. The number of benzene rings is 1. The van der Waals surface area contributed by atoms with Crippen molar-refractivity contribution < 1.29 is 9.53 Å². The van der Waals surface area contributed by atoms with Crippen LogP contribution in [-0.2, 0) is 16.0 Å². The smallest absolute Gasteiger partial charge is 0.348 e. The number of nitriles is 1. The molecule has 0 saturated carbocycles. The van der Waals surface area contributed by atoms with Gasteiger partial charge < -0.3 is 4.74 Å². The quantitative estimate of drug-likeness (QED) is 0.453. The van der Waals surface area contributed by atoms with Gasteiger partial charge >= 0.3 is 5.97 Å². The Kier molecular flexibility index (Phi) is 5.66. The van der Waals surface area contributed by atoms with Gasteiger partial charge in [-0.2, -0.15) is 5.26 Å². The molecule has 3 heteroatoms. The minimum Gasteiger partial charge on any atom is -0.465 e. The number of nitrogens with zero attached hydrogens (tertiary/aromatic N) is 1. The Balaban J connectivity index is 3.05. The predicted octanol–water partition coefficient (Wildman–Crippen LogP) is 3.11. The Morgan fingerprint density at radius 3 is 2.78 bits per heavy atom. The molecule has 0 saturated heterocycles. The molecular formula is C15H17NO2. The lowest BCUT2D eigenvalue weighted by atomic mass is 10.0. The van der Waals surface area contributed by atoms with Crippen LogP contribution in [0.4, 0.5) is 0 Å². The summed E-state index contributed by atoms with van der Waals surface area (Å²) in [6.45, 7) is 2.13. The van der Waals surface area contributed by atoms with Gasteiger partial charge in [0.1, 0.15) is 11.6 Å². The lowest BCUT2D eigenvalue weighted by Gasteiger charge is -2.05. The van der Waals surface area contributed by atoms with Crippen LogP contribution in [0.25, 0.3) is 6.08 Å². The van der Waals surface area contributed by atoms with Crippen molar-refractivity contribution in [3.8, 4) is 6.07 Å². The summed E-state index contributed by atoms with van der Waals surface area (Å²) >= 11 is 0. The maximum absolute atomic E-state index is 11.4. The monoisotopic (exact) mass is 243 g/mol. The molecule has 3 nitrogen and oxygen atoms in total. The van der Waals surface area contributed by atoms with E-state index in [9.17, 15) is 4.79 Å². The first-order valence-electron chi connectivity index (χ1n) is 6.01. The van der Waals surface area contributed by atoms with Gasteiger partial charge in [0.25, 0.3) is 0 Å². The van der Waals surface area contributed by atoms with Crippen LogP contribution < -0.4 is 0 Å². The zero-order valence-corrected chi connectivity index (χ0v) is 10.8. The summed E-state index contributed by atoms with van der Waals surface area (Å²) in [6, 6.07) is 9.66. The predicted molar refractivity (Wildman–Crippen MR) is 70.7 cm³/mol. The zero-order chi connectivity index (χ0) is 13.4. The standard InChI is InChI=1S/C15H17NO2/c1-3-4-7-12-8-5-6-9-13(12)10-14(11-16)15(17)18-2/h5-6,8-10H,3-4,7H2,1-2H3. The Labute approximate surface area is 108 Å². The molecule has 0 radical (unpaired) electrons. The lowest BCUT2D eigenvalue weighted by molar-refractivity contribution is -0.135. The molecule has 0 aliphatic carbocycles. The van der Waals surface area contributed by atoms with Crippen molar-refractivity contribution >= 4 is 12.0 Å². The minimum atomic E-state index is -0.595. The number of ether oxygens (including phenoxy) is 1. The molecule has 0 aliphatic heterocycles. The number of carbonyl (C=O) groups excluding carboxylic acids is 1. The molecule has 1 rings (SSSR count). The fourth-order valence-corrected chi connectivity index (χ4v) is 1.67. The van der Waals surface area contributed by atoms with Gasteiger partial charge in [0, 0.05) is 0 Å². The van der Waals surface area contributed by atoms with E-state index in [1.54, 1.807) is 6.08 Å². The lowest BCUT2D eigenvalue weighted by Crippen LogP contribution is -2.03. The van der Waals surface area contributed by atoms with Crippen LogP contribution >= 0.6 is 0 Å². The van der Waals surface area contributed by atoms with Crippen LogP contribution in [0.2, 0.25) is 0 Å². The first-order valence-corrected chi connectivity index (χ1v) is 6.01. The molecule has 0 spiro atoms. The summed E-state index contributed by atoms with van der Waals surface area (Å²) in [7, 11) is 1.27. The SMILES string of the molecule is CCCCc1ccccc1C=C(C#N)C(=O)OC. The minimum absolute atomic E-state index is 0.0291. The highest BCUT2D eigenvalue weighted by Crippen LogP contribution is 2.16. The summed E-state index contributed by atoms with van der Waals surface area (Å²) in [5.74, 6) is -0.595. The van der Waals surface area contributed by atoms with Crippen LogP contribution in [-0.4, -0.2) is 13.1 Å². The Hall–Kier alpha value is -2.08. The molecule has 94 valence electrons. The molecule has 1 aromatic rings. The molecule has 0 heterocycles. The van der Waals surface area contributed by atoms with E-state index >= 15 is 0 Å². The van der Waals surface area contributed by atoms with Crippen molar-refractivity contribution in [2.75, 3.05) is 7.11 Å². The number of rotatable bonds is 5. The second-order valence-corrected chi connectivity index (χ2v) is 3.96. The second kappa shape index (κ2) is 7.29. The van der Waals surface area contributed by atoms with Crippen molar-refractivity contribution in [1.82, 2.24) is 0 Å². The fourth-order valence-electron chi connectivity index (χ4n) is 1.67.